The smallest absolute Gasteiger partial charge is 0.0592 e. The molecule has 2 aromatic rings. The van der Waals surface area contributed by atoms with Crippen LogP contribution in [0.3, 0.4) is 0 Å². The molecular weight excluding hydrogens is 297 g/mol. The lowest BCUT2D eigenvalue weighted by molar-refractivity contribution is 0.571. The van der Waals surface area contributed by atoms with E-state index in [0.29, 0.717) is 0 Å². The fourth-order valence-corrected chi connectivity index (χ4v) is 3.50. The predicted molar refractivity (Wildman–Crippen MR) is 86.5 cm³/mol. The maximum Gasteiger partial charge on any atom is 0.0592 e. The second kappa shape index (κ2) is 6.76. The van der Waals surface area contributed by atoms with Crippen molar-refractivity contribution in [2.45, 2.75) is 26.3 Å². The van der Waals surface area contributed by atoms with Crippen molar-refractivity contribution in [3.05, 3.63) is 45.3 Å². The zero-order valence-corrected chi connectivity index (χ0v) is 13.4. The van der Waals surface area contributed by atoms with Gasteiger partial charge in [-0.05, 0) is 48.5 Å². The van der Waals surface area contributed by atoms with Crippen molar-refractivity contribution in [2.75, 3.05) is 6.54 Å². The highest BCUT2D eigenvalue weighted by Crippen LogP contribution is 2.36. The molecule has 0 saturated heterocycles. The van der Waals surface area contributed by atoms with E-state index in [4.69, 9.17) is 23.2 Å². The van der Waals surface area contributed by atoms with Gasteiger partial charge in [0.2, 0.25) is 0 Å². The number of rotatable bonds is 5. The van der Waals surface area contributed by atoms with Gasteiger partial charge in [0.1, 0.15) is 0 Å². The van der Waals surface area contributed by atoms with Crippen molar-refractivity contribution in [1.82, 2.24) is 5.32 Å². The number of halogens is 2. The zero-order valence-electron chi connectivity index (χ0n) is 11.0. The molecule has 0 aliphatic heterocycles. The molecular formula is C15H17Cl2NS. The topological polar surface area (TPSA) is 12.0 Å². The molecule has 102 valence electrons. The van der Waals surface area contributed by atoms with Gasteiger partial charge in [-0.25, -0.2) is 0 Å². The van der Waals surface area contributed by atoms with Crippen molar-refractivity contribution >= 4 is 34.5 Å². The molecule has 0 amide bonds. The Morgan fingerprint density at radius 3 is 2.58 bits per heavy atom. The first-order chi connectivity index (χ1) is 9.13. The molecule has 0 bridgehead atoms. The highest BCUT2D eigenvalue weighted by atomic mass is 35.5. The molecule has 0 radical (unpaired) electrons. The van der Waals surface area contributed by atoms with Crippen molar-refractivity contribution in [2.24, 2.45) is 0 Å². The minimum absolute atomic E-state index is 0.264. The van der Waals surface area contributed by atoms with Crippen LogP contribution in [0.1, 0.15) is 31.9 Å². The van der Waals surface area contributed by atoms with Gasteiger partial charge in [-0.15, -0.1) is 11.3 Å². The monoisotopic (exact) mass is 313 g/mol. The van der Waals surface area contributed by atoms with E-state index in [0.717, 1.165) is 39.0 Å². The average molecular weight is 314 g/mol. The fraction of sp³-hybridized carbons (Fsp3) is 0.333. The van der Waals surface area contributed by atoms with E-state index in [1.165, 1.54) is 0 Å². The normalized spacial score (nSPS) is 12.6. The molecule has 4 heteroatoms. The van der Waals surface area contributed by atoms with Gasteiger partial charge in [0, 0.05) is 11.1 Å². The minimum Gasteiger partial charge on any atom is -0.310 e. The van der Waals surface area contributed by atoms with Crippen molar-refractivity contribution in [3.8, 4) is 10.4 Å². The molecule has 1 N–H and O–H groups in total. The Labute approximate surface area is 128 Å². The van der Waals surface area contributed by atoms with Crippen LogP contribution in [0.15, 0.2) is 29.6 Å². The molecule has 1 aromatic carbocycles. The first kappa shape index (κ1) is 14.9. The summed E-state index contributed by atoms with van der Waals surface area (Å²) in [5.41, 5.74) is 2.21. The Bertz CT molecular complexity index is 551. The maximum atomic E-state index is 6.39. The van der Waals surface area contributed by atoms with Crippen molar-refractivity contribution < 1.29 is 0 Å². The minimum atomic E-state index is 0.264. The molecule has 0 saturated carbocycles. The van der Waals surface area contributed by atoms with Crippen LogP contribution in [0.25, 0.3) is 10.4 Å². The quantitative estimate of drug-likeness (QED) is 0.737. The summed E-state index contributed by atoms with van der Waals surface area (Å²) in [4.78, 5) is 1.07. The standard InChI is InChI=1S/C15H17Cl2NS/c1-3-7-18-10(2)12-5-4-11(9-14(12)17)15-13(16)6-8-19-15/h4-6,8-10,18H,3,7H2,1-2H3. The number of benzene rings is 1. The summed E-state index contributed by atoms with van der Waals surface area (Å²) in [5, 5.41) is 7.01. The van der Waals surface area contributed by atoms with E-state index in [9.17, 15) is 0 Å². The Morgan fingerprint density at radius 1 is 1.21 bits per heavy atom. The highest BCUT2D eigenvalue weighted by Gasteiger charge is 2.11. The van der Waals surface area contributed by atoms with Crippen LogP contribution in [-0.2, 0) is 0 Å². The van der Waals surface area contributed by atoms with Crippen molar-refractivity contribution in [1.29, 1.82) is 0 Å². The van der Waals surface area contributed by atoms with E-state index in [1.54, 1.807) is 11.3 Å². The first-order valence-electron chi connectivity index (χ1n) is 6.39. The molecule has 0 aliphatic rings. The van der Waals surface area contributed by atoms with Crippen LogP contribution in [0.2, 0.25) is 10.0 Å². The van der Waals surface area contributed by atoms with E-state index in [-0.39, 0.29) is 6.04 Å². The SMILES string of the molecule is CCCNC(C)c1ccc(-c2sccc2Cl)cc1Cl. The summed E-state index contributed by atoms with van der Waals surface area (Å²) in [7, 11) is 0. The van der Waals surface area contributed by atoms with Gasteiger partial charge >= 0.3 is 0 Å². The Kier molecular flexibility index (Phi) is 5.28. The molecule has 1 heterocycles. The Balaban J connectivity index is 2.25. The van der Waals surface area contributed by atoms with Gasteiger partial charge in [-0.1, -0.05) is 42.3 Å². The number of nitrogens with one attached hydrogen (secondary N) is 1. The molecule has 1 aromatic heterocycles. The maximum absolute atomic E-state index is 6.39. The molecule has 0 fully saturated rings. The van der Waals surface area contributed by atoms with Crippen LogP contribution in [0.5, 0.6) is 0 Å². The molecule has 1 unspecified atom stereocenters. The van der Waals surface area contributed by atoms with Gasteiger partial charge in [0.15, 0.2) is 0 Å². The number of hydrogen-bond acceptors (Lipinski definition) is 2. The highest BCUT2D eigenvalue weighted by molar-refractivity contribution is 7.14. The predicted octanol–water partition coefficient (Wildman–Crippen LogP) is 5.78. The first-order valence-corrected chi connectivity index (χ1v) is 8.03. The molecule has 2 rings (SSSR count). The van der Waals surface area contributed by atoms with Gasteiger partial charge in [-0.2, -0.15) is 0 Å². The molecule has 0 spiro atoms. The Hall–Kier alpha value is -0.540. The third-order valence-electron chi connectivity index (χ3n) is 3.05. The third kappa shape index (κ3) is 3.51. The molecule has 1 atom stereocenters. The largest absolute Gasteiger partial charge is 0.310 e. The summed E-state index contributed by atoms with van der Waals surface area (Å²) in [6.45, 7) is 5.29. The lowest BCUT2D eigenvalue weighted by Gasteiger charge is -2.16. The second-order valence-corrected chi connectivity index (χ2v) is 6.24. The average Bonchev–Trinajstić information content (AvgIpc) is 2.82. The van der Waals surface area contributed by atoms with Crippen LogP contribution in [0.4, 0.5) is 0 Å². The van der Waals surface area contributed by atoms with Crippen LogP contribution >= 0.6 is 34.5 Å². The number of hydrogen-bond donors (Lipinski definition) is 1. The van der Waals surface area contributed by atoms with Gasteiger partial charge in [0.25, 0.3) is 0 Å². The summed E-state index contributed by atoms with van der Waals surface area (Å²) in [5.74, 6) is 0. The van der Waals surface area contributed by atoms with Gasteiger partial charge in [0.05, 0.1) is 9.90 Å². The summed E-state index contributed by atoms with van der Waals surface area (Å²) < 4.78 is 0. The zero-order chi connectivity index (χ0) is 13.8. The summed E-state index contributed by atoms with van der Waals surface area (Å²) >= 11 is 14.2. The Morgan fingerprint density at radius 2 is 2.00 bits per heavy atom. The fourth-order valence-electron chi connectivity index (χ4n) is 1.99. The van der Waals surface area contributed by atoms with E-state index >= 15 is 0 Å². The van der Waals surface area contributed by atoms with Crippen LogP contribution in [-0.4, -0.2) is 6.54 Å². The van der Waals surface area contributed by atoms with Crippen LogP contribution in [0, 0.1) is 0 Å². The van der Waals surface area contributed by atoms with Crippen LogP contribution < -0.4 is 5.32 Å². The number of thiophene rings is 1. The van der Waals surface area contributed by atoms with E-state index in [1.807, 2.05) is 17.5 Å². The molecule has 0 aliphatic carbocycles. The van der Waals surface area contributed by atoms with Gasteiger partial charge in [-0.3, -0.25) is 0 Å². The summed E-state index contributed by atoms with van der Waals surface area (Å²) in [6, 6.07) is 8.35. The summed E-state index contributed by atoms with van der Waals surface area (Å²) in [6.07, 6.45) is 1.12. The van der Waals surface area contributed by atoms with E-state index in [2.05, 4.69) is 31.3 Å². The molecule has 19 heavy (non-hydrogen) atoms. The lowest BCUT2D eigenvalue weighted by Crippen LogP contribution is -2.19. The van der Waals surface area contributed by atoms with Gasteiger partial charge < -0.3 is 5.32 Å². The van der Waals surface area contributed by atoms with E-state index < -0.39 is 0 Å². The third-order valence-corrected chi connectivity index (χ3v) is 4.76. The lowest BCUT2D eigenvalue weighted by atomic mass is 10.0. The van der Waals surface area contributed by atoms with Crippen molar-refractivity contribution in [3.63, 3.8) is 0 Å². The molecule has 1 nitrogen and oxygen atoms in total. The second-order valence-electron chi connectivity index (χ2n) is 4.51.